The van der Waals surface area contributed by atoms with Gasteiger partial charge in [0.1, 0.15) is 11.6 Å². The normalized spacial score (nSPS) is 16.8. The van der Waals surface area contributed by atoms with Gasteiger partial charge in [0.2, 0.25) is 0 Å². The van der Waals surface area contributed by atoms with Gasteiger partial charge in [0.05, 0.1) is 36.2 Å². The molecule has 3 rings (SSSR count). The summed E-state index contributed by atoms with van der Waals surface area (Å²) in [5.74, 6) is 3.06. The third-order valence-corrected chi connectivity index (χ3v) is 3.78. The number of aromatic nitrogens is 2. The average molecular weight is 311 g/mol. The quantitative estimate of drug-likeness (QED) is 0.848. The predicted molar refractivity (Wildman–Crippen MR) is 89.1 cm³/mol. The van der Waals surface area contributed by atoms with Gasteiger partial charge in [0.25, 0.3) is 0 Å². The lowest BCUT2D eigenvalue weighted by molar-refractivity contribution is 0.602. The van der Waals surface area contributed by atoms with Crippen molar-refractivity contribution >= 4 is 11.5 Å². The van der Waals surface area contributed by atoms with Crippen molar-refractivity contribution in [2.24, 2.45) is 12.0 Å². The van der Waals surface area contributed by atoms with Gasteiger partial charge in [-0.25, -0.2) is 4.39 Å². The largest absolute Gasteiger partial charge is 0.353 e. The van der Waals surface area contributed by atoms with Crippen LogP contribution in [-0.2, 0) is 7.05 Å². The zero-order valence-corrected chi connectivity index (χ0v) is 13.1. The van der Waals surface area contributed by atoms with Crippen LogP contribution in [0.15, 0.2) is 29.3 Å². The number of benzene rings is 1. The Hall–Kier alpha value is -2.65. The maximum atomic E-state index is 14.3. The molecule has 6 heteroatoms. The van der Waals surface area contributed by atoms with Crippen LogP contribution in [0.4, 0.5) is 10.2 Å². The minimum Gasteiger partial charge on any atom is -0.353 e. The molecule has 1 aliphatic rings. The van der Waals surface area contributed by atoms with Crippen LogP contribution in [0.5, 0.6) is 0 Å². The van der Waals surface area contributed by atoms with Crippen molar-refractivity contribution < 1.29 is 4.39 Å². The third kappa shape index (κ3) is 2.83. The van der Waals surface area contributed by atoms with E-state index in [1.165, 1.54) is 6.07 Å². The molecule has 0 saturated heterocycles. The number of nitrogens with one attached hydrogen (secondary N) is 2. The molecule has 5 nitrogen and oxygen atoms in total. The maximum absolute atomic E-state index is 14.3. The van der Waals surface area contributed by atoms with Crippen LogP contribution in [0.25, 0.3) is 0 Å². The number of hydrogen-bond donors (Lipinski definition) is 2. The lowest BCUT2D eigenvalue weighted by atomic mass is 10.0. The molecule has 1 atom stereocenters. The molecule has 0 saturated carbocycles. The first-order chi connectivity index (χ1) is 11.1. The van der Waals surface area contributed by atoms with E-state index in [0.717, 1.165) is 17.1 Å². The smallest absolute Gasteiger partial charge is 0.135 e. The van der Waals surface area contributed by atoms with Gasteiger partial charge in [0.15, 0.2) is 0 Å². The fraction of sp³-hybridized carbons (Fsp3) is 0.294. The maximum Gasteiger partial charge on any atom is 0.135 e. The van der Waals surface area contributed by atoms with Gasteiger partial charge < -0.3 is 5.32 Å². The summed E-state index contributed by atoms with van der Waals surface area (Å²) in [6, 6.07) is 6.65. The minimum atomic E-state index is -0.296. The third-order valence-electron chi connectivity index (χ3n) is 3.78. The summed E-state index contributed by atoms with van der Waals surface area (Å²) in [6.07, 6.45) is 5.17. The van der Waals surface area contributed by atoms with E-state index >= 15 is 0 Å². The summed E-state index contributed by atoms with van der Waals surface area (Å²) in [5.41, 5.74) is 2.71. The Balaban J connectivity index is 2.11. The zero-order valence-electron chi connectivity index (χ0n) is 13.1. The number of aryl methyl sites for hydroxylation is 2. The monoisotopic (exact) mass is 311 g/mol. The summed E-state index contributed by atoms with van der Waals surface area (Å²) >= 11 is 0. The van der Waals surface area contributed by atoms with Crippen molar-refractivity contribution in [2.45, 2.75) is 13.1 Å². The lowest BCUT2D eigenvalue weighted by Crippen LogP contribution is -2.39. The van der Waals surface area contributed by atoms with Crippen molar-refractivity contribution in [3.05, 3.63) is 46.9 Å². The van der Waals surface area contributed by atoms with Crippen LogP contribution in [0.1, 0.15) is 16.8 Å². The van der Waals surface area contributed by atoms with E-state index in [4.69, 9.17) is 6.42 Å². The molecular formula is C17H18FN5. The highest BCUT2D eigenvalue weighted by atomic mass is 19.1. The highest BCUT2D eigenvalue weighted by molar-refractivity contribution is 6.16. The Morgan fingerprint density at radius 2 is 2.26 bits per heavy atom. The van der Waals surface area contributed by atoms with Gasteiger partial charge in [-0.3, -0.25) is 15.0 Å². The SMILES string of the molecule is C#CCNC1CN=C(c2ccccc2F)c2c(C)nn(C)c2N1. The first-order valence-corrected chi connectivity index (χ1v) is 7.38. The topological polar surface area (TPSA) is 54.2 Å². The molecule has 0 radical (unpaired) electrons. The summed E-state index contributed by atoms with van der Waals surface area (Å²) in [4.78, 5) is 4.63. The summed E-state index contributed by atoms with van der Waals surface area (Å²) in [5, 5.41) is 11.0. The predicted octanol–water partition coefficient (Wildman–Crippen LogP) is 1.68. The lowest BCUT2D eigenvalue weighted by Gasteiger charge is -2.17. The highest BCUT2D eigenvalue weighted by Crippen LogP contribution is 2.26. The van der Waals surface area contributed by atoms with E-state index in [9.17, 15) is 4.39 Å². The second kappa shape index (κ2) is 6.23. The number of anilines is 1. The first kappa shape index (κ1) is 15.3. The van der Waals surface area contributed by atoms with E-state index in [1.807, 2.05) is 14.0 Å². The number of terminal acetylenes is 1. The van der Waals surface area contributed by atoms with E-state index < -0.39 is 0 Å². The molecule has 2 N–H and O–H groups in total. The fourth-order valence-electron chi connectivity index (χ4n) is 2.75. The molecule has 118 valence electrons. The number of halogens is 1. The summed E-state index contributed by atoms with van der Waals surface area (Å²) in [7, 11) is 1.85. The number of aliphatic imine (C=N–C) groups is 1. The molecule has 0 bridgehead atoms. The van der Waals surface area contributed by atoms with Gasteiger partial charge in [-0.1, -0.05) is 18.1 Å². The van der Waals surface area contributed by atoms with Crippen molar-refractivity contribution in [1.82, 2.24) is 15.1 Å². The summed E-state index contributed by atoms with van der Waals surface area (Å²) < 4.78 is 16.0. The van der Waals surface area contributed by atoms with Crippen LogP contribution in [0, 0.1) is 25.1 Å². The van der Waals surface area contributed by atoms with Gasteiger partial charge >= 0.3 is 0 Å². The average Bonchev–Trinajstić information content (AvgIpc) is 2.72. The van der Waals surface area contributed by atoms with Crippen molar-refractivity contribution in [2.75, 3.05) is 18.4 Å². The minimum absolute atomic E-state index is 0.135. The van der Waals surface area contributed by atoms with Crippen molar-refractivity contribution in [3.63, 3.8) is 0 Å². The first-order valence-electron chi connectivity index (χ1n) is 7.38. The number of fused-ring (bicyclic) bond motifs is 1. The molecule has 1 aromatic heterocycles. The molecule has 23 heavy (non-hydrogen) atoms. The number of nitrogens with zero attached hydrogens (tertiary/aromatic N) is 3. The van der Waals surface area contributed by atoms with Gasteiger partial charge in [-0.2, -0.15) is 5.10 Å². The Labute approximate surface area is 134 Å². The van der Waals surface area contributed by atoms with E-state index in [1.54, 1.807) is 22.9 Å². The van der Waals surface area contributed by atoms with Crippen LogP contribution >= 0.6 is 0 Å². The van der Waals surface area contributed by atoms with Crippen LogP contribution in [-0.4, -0.2) is 34.7 Å². The molecule has 1 aliphatic heterocycles. The molecule has 0 aliphatic carbocycles. The molecule has 0 fully saturated rings. The molecule has 2 aromatic rings. The van der Waals surface area contributed by atoms with Crippen LogP contribution in [0.3, 0.4) is 0 Å². The number of hydrogen-bond acceptors (Lipinski definition) is 4. The second-order valence-electron chi connectivity index (χ2n) is 5.38. The highest BCUT2D eigenvalue weighted by Gasteiger charge is 2.26. The zero-order chi connectivity index (χ0) is 16.4. The second-order valence-corrected chi connectivity index (χ2v) is 5.38. The van der Waals surface area contributed by atoms with Crippen molar-refractivity contribution in [3.8, 4) is 12.3 Å². The molecule has 0 amide bonds. The molecule has 1 unspecified atom stereocenters. The standard InChI is InChI=1S/C17H18FN5/c1-4-9-19-14-10-20-16(12-7-5-6-8-13(12)18)15-11(2)22-23(3)17(15)21-14/h1,5-8,14,19,21H,9-10H2,2-3H3. The van der Waals surface area contributed by atoms with Crippen LogP contribution < -0.4 is 10.6 Å². The molecular weight excluding hydrogens is 293 g/mol. The van der Waals surface area contributed by atoms with Gasteiger partial charge in [0, 0.05) is 12.6 Å². The van der Waals surface area contributed by atoms with Gasteiger partial charge in [-0.15, -0.1) is 6.42 Å². The Morgan fingerprint density at radius 1 is 1.48 bits per heavy atom. The molecule has 2 heterocycles. The van der Waals surface area contributed by atoms with Crippen LogP contribution in [0.2, 0.25) is 0 Å². The Kier molecular flexibility index (Phi) is 4.13. The van der Waals surface area contributed by atoms with E-state index in [0.29, 0.717) is 24.4 Å². The molecule has 1 aromatic carbocycles. The van der Waals surface area contributed by atoms with E-state index in [-0.39, 0.29) is 12.0 Å². The Morgan fingerprint density at radius 3 is 3.00 bits per heavy atom. The molecule has 0 spiro atoms. The van der Waals surface area contributed by atoms with Gasteiger partial charge in [-0.05, 0) is 19.1 Å². The van der Waals surface area contributed by atoms with E-state index in [2.05, 4.69) is 26.6 Å². The Bertz CT molecular complexity index is 800. The number of rotatable bonds is 3. The van der Waals surface area contributed by atoms with Crippen molar-refractivity contribution in [1.29, 1.82) is 0 Å². The summed E-state index contributed by atoms with van der Waals surface area (Å²) in [6.45, 7) is 2.76. The fourth-order valence-corrected chi connectivity index (χ4v) is 2.75.